The molecule has 0 saturated heterocycles. The summed E-state index contributed by atoms with van der Waals surface area (Å²) >= 11 is 6.14. The molecule has 4 aliphatic rings. The first-order valence-corrected chi connectivity index (χ1v) is 10.3. The first kappa shape index (κ1) is 19.4. The standard InChI is InChI=1S/C21H27ClN2O4/c1-27-17-7-18(28-2)16(6-15(17)22)24-19(25)11-23-20(26)21-8-12-3-13(9-21)5-14(4-12)10-21/h6-7,12-14H,3-5,8-11H2,1-2H3,(H,23,26)(H,24,25). The summed E-state index contributed by atoms with van der Waals surface area (Å²) in [5.74, 6) is 2.72. The molecule has 0 aromatic heterocycles. The van der Waals surface area contributed by atoms with Gasteiger partial charge in [-0.2, -0.15) is 0 Å². The highest BCUT2D eigenvalue weighted by atomic mass is 35.5. The summed E-state index contributed by atoms with van der Waals surface area (Å²) in [5.41, 5.74) is 0.193. The molecule has 4 bridgehead atoms. The molecule has 4 saturated carbocycles. The van der Waals surface area contributed by atoms with Crippen LogP contribution in [0.4, 0.5) is 5.69 Å². The van der Waals surface area contributed by atoms with Crippen LogP contribution in [0.5, 0.6) is 11.5 Å². The molecule has 152 valence electrons. The van der Waals surface area contributed by atoms with E-state index in [1.807, 2.05) is 0 Å². The van der Waals surface area contributed by atoms with Gasteiger partial charge in [0.25, 0.3) is 0 Å². The second-order valence-corrected chi connectivity index (χ2v) is 9.02. The number of hydrogen-bond donors (Lipinski definition) is 2. The van der Waals surface area contributed by atoms with E-state index in [-0.39, 0.29) is 23.8 Å². The second-order valence-electron chi connectivity index (χ2n) is 8.62. The highest BCUT2D eigenvalue weighted by Gasteiger charge is 2.54. The van der Waals surface area contributed by atoms with E-state index in [1.54, 1.807) is 12.1 Å². The smallest absolute Gasteiger partial charge is 0.243 e. The molecule has 5 rings (SSSR count). The van der Waals surface area contributed by atoms with Crippen molar-refractivity contribution < 1.29 is 19.1 Å². The van der Waals surface area contributed by atoms with Gasteiger partial charge < -0.3 is 20.1 Å². The van der Waals surface area contributed by atoms with Gasteiger partial charge in [0.05, 0.1) is 31.5 Å². The molecule has 2 N–H and O–H groups in total. The normalized spacial score (nSPS) is 30.0. The minimum Gasteiger partial charge on any atom is -0.495 e. The number of benzene rings is 1. The Bertz CT molecular complexity index is 760. The van der Waals surface area contributed by atoms with Crippen molar-refractivity contribution in [3.8, 4) is 11.5 Å². The maximum atomic E-state index is 13.0. The summed E-state index contributed by atoms with van der Waals surface area (Å²) < 4.78 is 10.5. The number of anilines is 1. The van der Waals surface area contributed by atoms with Gasteiger partial charge in [0.1, 0.15) is 11.5 Å². The Labute approximate surface area is 170 Å². The summed E-state index contributed by atoms with van der Waals surface area (Å²) in [4.78, 5) is 25.4. The largest absolute Gasteiger partial charge is 0.495 e. The fourth-order valence-corrected chi connectivity index (χ4v) is 6.13. The van der Waals surface area contributed by atoms with E-state index in [9.17, 15) is 9.59 Å². The minimum absolute atomic E-state index is 0.0430. The van der Waals surface area contributed by atoms with Crippen molar-refractivity contribution >= 4 is 29.1 Å². The number of amides is 2. The molecule has 0 heterocycles. The monoisotopic (exact) mass is 406 g/mol. The molecule has 0 aliphatic heterocycles. The van der Waals surface area contributed by atoms with Crippen LogP contribution in [-0.4, -0.2) is 32.6 Å². The third-order valence-corrected chi connectivity index (χ3v) is 6.97. The topological polar surface area (TPSA) is 76.7 Å². The predicted octanol–water partition coefficient (Wildman–Crippen LogP) is 3.63. The summed E-state index contributed by atoms with van der Waals surface area (Å²) in [6.45, 7) is -0.0621. The Hall–Kier alpha value is -1.95. The average molecular weight is 407 g/mol. The van der Waals surface area contributed by atoms with Crippen molar-refractivity contribution in [2.45, 2.75) is 38.5 Å². The summed E-state index contributed by atoms with van der Waals surface area (Å²) in [6, 6.07) is 3.20. The molecule has 7 heteroatoms. The van der Waals surface area contributed by atoms with Crippen LogP contribution in [0.2, 0.25) is 5.02 Å². The van der Waals surface area contributed by atoms with Gasteiger partial charge in [0.2, 0.25) is 11.8 Å². The maximum absolute atomic E-state index is 13.0. The number of nitrogens with one attached hydrogen (secondary N) is 2. The van der Waals surface area contributed by atoms with Crippen LogP contribution < -0.4 is 20.1 Å². The number of rotatable bonds is 6. The molecule has 0 atom stereocenters. The lowest BCUT2D eigenvalue weighted by Gasteiger charge is -2.55. The van der Waals surface area contributed by atoms with Gasteiger partial charge >= 0.3 is 0 Å². The molecule has 4 fully saturated rings. The van der Waals surface area contributed by atoms with Gasteiger partial charge in [-0.15, -0.1) is 0 Å². The Kier molecular flexibility index (Phi) is 5.17. The van der Waals surface area contributed by atoms with Crippen LogP contribution in [-0.2, 0) is 9.59 Å². The molecule has 2 amide bonds. The number of carbonyl (C=O) groups excluding carboxylic acids is 2. The van der Waals surface area contributed by atoms with Crippen LogP contribution in [0.25, 0.3) is 0 Å². The van der Waals surface area contributed by atoms with Gasteiger partial charge in [0, 0.05) is 11.5 Å². The van der Waals surface area contributed by atoms with E-state index in [1.165, 1.54) is 33.5 Å². The molecule has 1 aromatic rings. The van der Waals surface area contributed by atoms with E-state index in [4.69, 9.17) is 21.1 Å². The van der Waals surface area contributed by atoms with Gasteiger partial charge in [0.15, 0.2) is 0 Å². The Morgan fingerprint density at radius 2 is 1.61 bits per heavy atom. The highest BCUT2D eigenvalue weighted by Crippen LogP contribution is 2.60. The van der Waals surface area contributed by atoms with Gasteiger partial charge in [-0.3, -0.25) is 9.59 Å². The Balaban J connectivity index is 1.37. The van der Waals surface area contributed by atoms with Crippen LogP contribution in [0.3, 0.4) is 0 Å². The molecule has 6 nitrogen and oxygen atoms in total. The van der Waals surface area contributed by atoms with Crippen molar-refractivity contribution in [2.24, 2.45) is 23.2 Å². The van der Waals surface area contributed by atoms with E-state index < -0.39 is 0 Å². The van der Waals surface area contributed by atoms with Crippen molar-refractivity contribution in [3.63, 3.8) is 0 Å². The van der Waals surface area contributed by atoms with E-state index in [2.05, 4.69) is 10.6 Å². The zero-order chi connectivity index (χ0) is 19.9. The first-order chi connectivity index (χ1) is 13.4. The number of ether oxygens (including phenoxy) is 2. The first-order valence-electron chi connectivity index (χ1n) is 9.92. The number of carbonyl (C=O) groups is 2. The second kappa shape index (κ2) is 7.47. The van der Waals surface area contributed by atoms with Crippen LogP contribution >= 0.6 is 11.6 Å². The molecular weight excluding hydrogens is 380 g/mol. The molecule has 0 unspecified atom stereocenters. The average Bonchev–Trinajstić information content (AvgIpc) is 2.65. The van der Waals surface area contributed by atoms with E-state index in [0.29, 0.717) is 40.0 Å². The van der Waals surface area contributed by atoms with Crippen molar-refractivity contribution in [3.05, 3.63) is 17.2 Å². The third-order valence-electron chi connectivity index (χ3n) is 6.68. The minimum atomic E-state index is -0.308. The van der Waals surface area contributed by atoms with Gasteiger partial charge in [-0.25, -0.2) is 0 Å². The van der Waals surface area contributed by atoms with Crippen LogP contribution in [0.15, 0.2) is 12.1 Å². The number of halogens is 1. The summed E-state index contributed by atoms with van der Waals surface area (Å²) in [6.07, 6.45) is 6.79. The molecule has 4 aliphatic carbocycles. The molecule has 28 heavy (non-hydrogen) atoms. The molecular formula is C21H27ClN2O4. The SMILES string of the molecule is COc1cc(OC)c(NC(=O)CNC(=O)C23CC4CC(CC(C4)C2)C3)cc1Cl. The summed E-state index contributed by atoms with van der Waals surface area (Å²) in [5, 5.41) is 6.02. The summed E-state index contributed by atoms with van der Waals surface area (Å²) in [7, 11) is 3.02. The lowest BCUT2D eigenvalue weighted by atomic mass is 9.49. The fourth-order valence-electron chi connectivity index (χ4n) is 5.89. The third kappa shape index (κ3) is 3.54. The number of methoxy groups -OCH3 is 2. The maximum Gasteiger partial charge on any atom is 0.243 e. The van der Waals surface area contributed by atoms with Crippen molar-refractivity contribution in [1.29, 1.82) is 0 Å². The van der Waals surface area contributed by atoms with Crippen molar-refractivity contribution in [2.75, 3.05) is 26.1 Å². The zero-order valence-corrected chi connectivity index (χ0v) is 17.1. The van der Waals surface area contributed by atoms with Gasteiger partial charge in [-0.05, 0) is 62.3 Å². The predicted molar refractivity (Wildman–Crippen MR) is 107 cm³/mol. The highest BCUT2D eigenvalue weighted by molar-refractivity contribution is 6.32. The quantitative estimate of drug-likeness (QED) is 0.756. The van der Waals surface area contributed by atoms with E-state index >= 15 is 0 Å². The van der Waals surface area contributed by atoms with Crippen molar-refractivity contribution in [1.82, 2.24) is 5.32 Å². The lowest BCUT2D eigenvalue weighted by Crippen LogP contribution is -2.54. The molecule has 1 aromatic carbocycles. The Morgan fingerprint density at radius 3 is 2.14 bits per heavy atom. The number of hydrogen-bond acceptors (Lipinski definition) is 4. The Morgan fingerprint density at radius 1 is 1.04 bits per heavy atom. The van der Waals surface area contributed by atoms with Crippen LogP contribution in [0.1, 0.15) is 38.5 Å². The van der Waals surface area contributed by atoms with Gasteiger partial charge in [-0.1, -0.05) is 11.6 Å². The van der Waals surface area contributed by atoms with Crippen LogP contribution in [0, 0.1) is 23.2 Å². The van der Waals surface area contributed by atoms with E-state index in [0.717, 1.165) is 19.3 Å². The zero-order valence-electron chi connectivity index (χ0n) is 16.3. The fraction of sp³-hybridized carbons (Fsp3) is 0.619. The molecule has 0 radical (unpaired) electrons. The lowest BCUT2D eigenvalue weighted by molar-refractivity contribution is -0.146. The molecule has 0 spiro atoms.